The molecule has 1 aliphatic heterocycles. The van der Waals surface area contributed by atoms with E-state index >= 15 is 0 Å². The van der Waals surface area contributed by atoms with Crippen LogP contribution in [-0.2, 0) is 12.0 Å². The average Bonchev–Trinajstić information content (AvgIpc) is 2.88. The minimum atomic E-state index is 0.0340. The normalized spacial score (nSPS) is 14.3. The Labute approximate surface area is 141 Å². The first-order valence-electron chi connectivity index (χ1n) is 8.24. The van der Waals surface area contributed by atoms with Gasteiger partial charge >= 0.3 is 0 Å². The van der Waals surface area contributed by atoms with Crippen molar-refractivity contribution < 1.29 is 4.79 Å². The topological polar surface area (TPSA) is 33.2 Å². The molecule has 0 unspecified atom stereocenters. The van der Waals surface area contributed by atoms with E-state index in [0.717, 1.165) is 22.3 Å². The number of nitrogens with zero attached hydrogens (tertiary/aromatic N) is 2. The molecule has 0 spiro atoms. The molecule has 3 heteroatoms. The Kier molecular flexibility index (Phi) is 3.20. The number of hydrogen-bond donors (Lipinski definition) is 0. The van der Waals surface area contributed by atoms with Crippen LogP contribution in [0.1, 0.15) is 42.4 Å². The second-order valence-electron chi connectivity index (χ2n) is 7.36. The van der Waals surface area contributed by atoms with Gasteiger partial charge in [-0.1, -0.05) is 51.1 Å². The number of carbonyl (C=O) groups is 1. The molecule has 3 aromatic rings. The highest BCUT2D eigenvalue weighted by Crippen LogP contribution is 2.31. The summed E-state index contributed by atoms with van der Waals surface area (Å²) in [5.74, 6) is 0.0340. The molecule has 0 aliphatic carbocycles. The Balaban J connectivity index is 1.71. The fraction of sp³-hybridized carbons (Fsp3) is 0.238. The summed E-state index contributed by atoms with van der Waals surface area (Å²) in [4.78, 5) is 19.3. The van der Waals surface area contributed by atoms with Crippen molar-refractivity contribution >= 4 is 22.5 Å². The predicted octanol–water partition coefficient (Wildman–Crippen LogP) is 4.69. The molecule has 1 amide bonds. The second kappa shape index (κ2) is 5.17. The first kappa shape index (κ1) is 14.9. The van der Waals surface area contributed by atoms with Crippen LogP contribution >= 0.6 is 0 Å². The number of hydrogen-bond acceptors (Lipinski definition) is 2. The number of amides is 1. The molecule has 0 atom stereocenters. The smallest absolute Gasteiger partial charge is 0.260 e. The molecule has 0 saturated carbocycles. The van der Waals surface area contributed by atoms with E-state index in [1.165, 1.54) is 5.56 Å². The molecular weight excluding hydrogens is 296 g/mol. The Hall–Kier alpha value is -2.68. The van der Waals surface area contributed by atoms with Gasteiger partial charge in [0.15, 0.2) is 0 Å². The summed E-state index contributed by atoms with van der Waals surface area (Å²) in [7, 11) is 0. The zero-order valence-corrected chi connectivity index (χ0v) is 14.2. The average molecular weight is 316 g/mol. The van der Waals surface area contributed by atoms with Crippen LogP contribution in [0.5, 0.6) is 0 Å². The number of benzene rings is 2. The molecule has 0 N–H and O–H groups in total. The van der Waals surface area contributed by atoms with Gasteiger partial charge in [-0.05, 0) is 35.2 Å². The third-order valence-corrected chi connectivity index (χ3v) is 4.63. The Morgan fingerprint density at radius 1 is 1.00 bits per heavy atom. The SMILES string of the molecule is CC(C)(C)c1ccc(N2Cc3nc4ccccc4cc3C2=O)cc1. The number of carbonyl (C=O) groups excluding carboxylic acids is 1. The van der Waals surface area contributed by atoms with Gasteiger partial charge in [0.1, 0.15) is 0 Å². The molecule has 3 nitrogen and oxygen atoms in total. The van der Waals surface area contributed by atoms with Crippen molar-refractivity contribution in [1.29, 1.82) is 0 Å². The van der Waals surface area contributed by atoms with Crippen molar-refractivity contribution in [1.82, 2.24) is 4.98 Å². The quantitative estimate of drug-likeness (QED) is 0.652. The molecule has 0 bridgehead atoms. The molecule has 1 aliphatic rings. The summed E-state index contributed by atoms with van der Waals surface area (Å²) < 4.78 is 0. The maximum absolute atomic E-state index is 12.8. The maximum Gasteiger partial charge on any atom is 0.260 e. The van der Waals surface area contributed by atoms with Gasteiger partial charge in [0, 0.05) is 11.1 Å². The molecular formula is C21H20N2O. The van der Waals surface area contributed by atoms with Crippen LogP contribution in [0.15, 0.2) is 54.6 Å². The Morgan fingerprint density at radius 2 is 1.71 bits per heavy atom. The molecule has 120 valence electrons. The van der Waals surface area contributed by atoms with Crippen LogP contribution in [0.25, 0.3) is 10.9 Å². The highest BCUT2D eigenvalue weighted by atomic mass is 16.2. The molecule has 4 rings (SSSR count). The molecule has 1 aromatic heterocycles. The van der Waals surface area contributed by atoms with Crippen LogP contribution in [-0.4, -0.2) is 10.9 Å². The van der Waals surface area contributed by atoms with Crippen LogP contribution in [0.2, 0.25) is 0 Å². The number of pyridine rings is 1. The van der Waals surface area contributed by atoms with Crippen molar-refractivity contribution in [2.24, 2.45) is 0 Å². The van der Waals surface area contributed by atoms with Crippen molar-refractivity contribution in [2.75, 3.05) is 4.90 Å². The van der Waals surface area contributed by atoms with Gasteiger partial charge in [-0.25, -0.2) is 0 Å². The van der Waals surface area contributed by atoms with E-state index in [-0.39, 0.29) is 11.3 Å². The van der Waals surface area contributed by atoms with E-state index in [9.17, 15) is 4.79 Å². The summed E-state index contributed by atoms with van der Waals surface area (Å²) in [6.07, 6.45) is 0. The monoisotopic (exact) mass is 316 g/mol. The van der Waals surface area contributed by atoms with Crippen molar-refractivity contribution in [3.05, 3.63) is 71.4 Å². The largest absolute Gasteiger partial charge is 0.302 e. The molecule has 0 fully saturated rings. The fourth-order valence-electron chi connectivity index (χ4n) is 3.18. The fourth-order valence-corrected chi connectivity index (χ4v) is 3.18. The lowest BCUT2D eigenvalue weighted by molar-refractivity contribution is 0.0996. The van der Waals surface area contributed by atoms with E-state index in [2.05, 4.69) is 37.9 Å². The number of anilines is 1. The number of rotatable bonds is 1. The first-order valence-corrected chi connectivity index (χ1v) is 8.24. The summed E-state index contributed by atoms with van der Waals surface area (Å²) in [5, 5.41) is 1.01. The third-order valence-electron chi connectivity index (χ3n) is 4.63. The molecule has 24 heavy (non-hydrogen) atoms. The van der Waals surface area contributed by atoms with E-state index in [4.69, 9.17) is 0 Å². The third kappa shape index (κ3) is 2.37. The number of fused-ring (bicyclic) bond motifs is 2. The van der Waals surface area contributed by atoms with Crippen LogP contribution < -0.4 is 4.90 Å². The van der Waals surface area contributed by atoms with E-state index in [1.54, 1.807) is 0 Å². The van der Waals surface area contributed by atoms with Gasteiger partial charge in [-0.2, -0.15) is 0 Å². The summed E-state index contributed by atoms with van der Waals surface area (Å²) >= 11 is 0. The Bertz CT molecular complexity index is 936. The van der Waals surface area contributed by atoms with Crippen LogP contribution in [0.3, 0.4) is 0 Å². The van der Waals surface area contributed by atoms with E-state index < -0.39 is 0 Å². The molecule has 0 saturated heterocycles. The van der Waals surface area contributed by atoms with E-state index in [0.29, 0.717) is 12.1 Å². The van der Waals surface area contributed by atoms with Gasteiger partial charge in [0.25, 0.3) is 5.91 Å². The predicted molar refractivity (Wildman–Crippen MR) is 97.4 cm³/mol. The van der Waals surface area contributed by atoms with Crippen molar-refractivity contribution in [3.8, 4) is 0 Å². The standard InChI is InChI=1S/C21H20N2O/c1-21(2,3)15-8-10-16(11-9-15)23-13-19-17(20(23)24)12-14-6-4-5-7-18(14)22-19/h4-12H,13H2,1-3H3. The summed E-state index contributed by atoms with van der Waals surface area (Å²) in [5.41, 5.74) is 4.81. The van der Waals surface area contributed by atoms with Gasteiger partial charge < -0.3 is 4.90 Å². The lowest BCUT2D eigenvalue weighted by atomic mass is 9.87. The lowest BCUT2D eigenvalue weighted by Crippen LogP contribution is -2.23. The second-order valence-corrected chi connectivity index (χ2v) is 7.36. The summed E-state index contributed by atoms with van der Waals surface area (Å²) in [6.45, 7) is 7.10. The number of aromatic nitrogens is 1. The van der Waals surface area contributed by atoms with Gasteiger partial charge in [-0.15, -0.1) is 0 Å². The van der Waals surface area contributed by atoms with Gasteiger partial charge in [0.2, 0.25) is 0 Å². The lowest BCUT2D eigenvalue weighted by Gasteiger charge is -2.21. The minimum Gasteiger partial charge on any atom is -0.302 e. The molecule has 2 heterocycles. The van der Waals surface area contributed by atoms with Crippen LogP contribution in [0.4, 0.5) is 5.69 Å². The molecule has 0 radical (unpaired) electrons. The number of para-hydroxylation sites is 1. The maximum atomic E-state index is 12.8. The minimum absolute atomic E-state index is 0.0340. The Morgan fingerprint density at radius 3 is 2.42 bits per heavy atom. The van der Waals surface area contributed by atoms with Crippen LogP contribution in [0, 0.1) is 0 Å². The zero-order chi connectivity index (χ0) is 16.9. The van der Waals surface area contributed by atoms with Crippen molar-refractivity contribution in [2.45, 2.75) is 32.7 Å². The van der Waals surface area contributed by atoms with E-state index in [1.807, 2.05) is 47.4 Å². The van der Waals surface area contributed by atoms with Crippen molar-refractivity contribution in [3.63, 3.8) is 0 Å². The van der Waals surface area contributed by atoms with Gasteiger partial charge in [-0.3, -0.25) is 9.78 Å². The first-order chi connectivity index (χ1) is 11.4. The molecule has 2 aromatic carbocycles. The van der Waals surface area contributed by atoms with Gasteiger partial charge in [0.05, 0.1) is 23.3 Å². The highest BCUT2D eigenvalue weighted by Gasteiger charge is 2.30. The highest BCUT2D eigenvalue weighted by molar-refractivity contribution is 6.11. The zero-order valence-electron chi connectivity index (χ0n) is 14.2. The summed E-state index contributed by atoms with van der Waals surface area (Å²) in [6, 6.07) is 18.2.